The number of aliphatic hydroxyl groups is 1. The zero-order chi connectivity index (χ0) is 12.8. The zero-order valence-electron chi connectivity index (χ0n) is 10.5. The molecule has 5 N–H and O–H groups in total. The molecule has 0 radical (unpaired) electrons. The Hall–Kier alpha value is -1.26. The van der Waals surface area contributed by atoms with E-state index < -0.39 is 0 Å². The van der Waals surface area contributed by atoms with Gasteiger partial charge in [-0.05, 0) is 18.4 Å². The van der Waals surface area contributed by atoms with E-state index in [1.54, 1.807) is 12.1 Å². The molecule has 0 saturated carbocycles. The van der Waals surface area contributed by atoms with Crippen molar-refractivity contribution in [2.75, 3.05) is 11.9 Å². The first-order valence-electron chi connectivity index (χ1n) is 5.95. The largest absolute Gasteiger partial charge is 0.508 e. The lowest BCUT2D eigenvalue weighted by Gasteiger charge is -2.16. The molecule has 0 fully saturated rings. The molecule has 1 aromatic carbocycles. The van der Waals surface area contributed by atoms with Crippen molar-refractivity contribution in [3.63, 3.8) is 0 Å². The minimum absolute atomic E-state index is 0.106. The number of hydrogen-bond acceptors (Lipinski definition) is 4. The van der Waals surface area contributed by atoms with Gasteiger partial charge >= 0.3 is 0 Å². The average Bonchev–Trinajstić information content (AvgIpc) is 2.25. The number of benzene rings is 1. The predicted molar refractivity (Wildman–Crippen MR) is 69.9 cm³/mol. The monoisotopic (exact) mass is 238 g/mol. The summed E-state index contributed by atoms with van der Waals surface area (Å²) < 4.78 is 0. The van der Waals surface area contributed by atoms with Gasteiger partial charge in [-0.25, -0.2) is 0 Å². The summed E-state index contributed by atoms with van der Waals surface area (Å²) in [5.41, 5.74) is 7.30. The lowest BCUT2D eigenvalue weighted by Crippen LogP contribution is -2.30. The number of nitrogens with one attached hydrogen (secondary N) is 1. The maximum Gasteiger partial charge on any atom is 0.123 e. The molecule has 1 aromatic rings. The molecular formula is C13H22N2O2. The van der Waals surface area contributed by atoms with Crippen molar-refractivity contribution >= 4 is 5.69 Å². The van der Waals surface area contributed by atoms with Crippen LogP contribution in [0.2, 0.25) is 0 Å². The molecule has 0 amide bonds. The highest BCUT2D eigenvalue weighted by Gasteiger charge is 2.06. The lowest BCUT2D eigenvalue weighted by atomic mass is 10.0. The molecular weight excluding hydrogens is 216 g/mol. The Balaban J connectivity index is 2.49. The molecule has 17 heavy (non-hydrogen) atoms. The van der Waals surface area contributed by atoms with Gasteiger partial charge in [0, 0.05) is 29.9 Å². The van der Waals surface area contributed by atoms with E-state index in [2.05, 4.69) is 19.2 Å². The van der Waals surface area contributed by atoms with Gasteiger partial charge in [0.25, 0.3) is 0 Å². The van der Waals surface area contributed by atoms with Gasteiger partial charge in [-0.2, -0.15) is 0 Å². The molecule has 1 unspecified atom stereocenters. The van der Waals surface area contributed by atoms with Gasteiger partial charge in [-0.15, -0.1) is 0 Å². The first-order valence-corrected chi connectivity index (χ1v) is 5.95. The van der Waals surface area contributed by atoms with E-state index in [0.29, 0.717) is 18.0 Å². The molecule has 1 atom stereocenters. The molecule has 4 heteroatoms. The van der Waals surface area contributed by atoms with E-state index in [4.69, 9.17) is 10.8 Å². The van der Waals surface area contributed by atoms with Crippen LogP contribution in [0.3, 0.4) is 0 Å². The molecule has 0 bridgehead atoms. The molecule has 0 aliphatic rings. The first kappa shape index (κ1) is 13.8. The van der Waals surface area contributed by atoms with Crippen molar-refractivity contribution in [2.45, 2.75) is 32.9 Å². The van der Waals surface area contributed by atoms with E-state index in [1.807, 2.05) is 6.07 Å². The van der Waals surface area contributed by atoms with Crippen LogP contribution in [0.25, 0.3) is 0 Å². The SMILES string of the molecule is CC(C)CC(N)CNc1ccc(CO)c(O)c1. The Labute approximate surface area is 102 Å². The standard InChI is InChI=1S/C13H22N2O2/c1-9(2)5-11(14)7-15-12-4-3-10(8-16)13(17)6-12/h3-4,6,9,11,15-17H,5,7-8,14H2,1-2H3. The van der Waals surface area contributed by atoms with Gasteiger partial charge < -0.3 is 21.3 Å². The number of rotatable bonds is 6. The number of hydrogen-bond donors (Lipinski definition) is 4. The Morgan fingerprint density at radius 3 is 2.59 bits per heavy atom. The smallest absolute Gasteiger partial charge is 0.123 e. The van der Waals surface area contributed by atoms with Crippen LogP contribution in [0, 0.1) is 5.92 Å². The van der Waals surface area contributed by atoms with Gasteiger partial charge in [0.15, 0.2) is 0 Å². The molecule has 0 aromatic heterocycles. The van der Waals surface area contributed by atoms with Gasteiger partial charge in [0.05, 0.1) is 6.61 Å². The summed E-state index contributed by atoms with van der Waals surface area (Å²) in [5.74, 6) is 0.687. The Bertz CT molecular complexity index is 353. The third kappa shape index (κ3) is 4.63. The fourth-order valence-corrected chi connectivity index (χ4v) is 1.75. The molecule has 1 rings (SSSR count). The van der Waals surface area contributed by atoms with E-state index in [1.165, 1.54) is 0 Å². The third-order valence-electron chi connectivity index (χ3n) is 2.60. The summed E-state index contributed by atoms with van der Waals surface area (Å²) in [6.07, 6.45) is 0.966. The third-order valence-corrected chi connectivity index (χ3v) is 2.60. The van der Waals surface area contributed by atoms with E-state index in [0.717, 1.165) is 12.1 Å². The quantitative estimate of drug-likeness (QED) is 0.608. The second-order valence-corrected chi connectivity index (χ2v) is 4.77. The summed E-state index contributed by atoms with van der Waals surface area (Å²) in [6, 6.07) is 5.24. The van der Waals surface area contributed by atoms with E-state index in [9.17, 15) is 5.11 Å². The van der Waals surface area contributed by atoms with Crippen molar-refractivity contribution in [1.82, 2.24) is 0 Å². The van der Waals surface area contributed by atoms with Crippen LogP contribution in [0.4, 0.5) is 5.69 Å². The summed E-state index contributed by atoms with van der Waals surface area (Å²) in [5, 5.41) is 21.7. The normalized spacial score (nSPS) is 12.8. The van der Waals surface area contributed by atoms with Gasteiger partial charge in [-0.3, -0.25) is 0 Å². The van der Waals surface area contributed by atoms with Gasteiger partial charge in [-0.1, -0.05) is 19.9 Å². The van der Waals surface area contributed by atoms with Crippen LogP contribution in [0.1, 0.15) is 25.8 Å². The molecule has 96 valence electrons. The van der Waals surface area contributed by atoms with E-state index >= 15 is 0 Å². The topological polar surface area (TPSA) is 78.5 Å². The number of anilines is 1. The highest BCUT2D eigenvalue weighted by molar-refractivity contribution is 5.51. The summed E-state index contributed by atoms with van der Waals surface area (Å²) >= 11 is 0. The average molecular weight is 238 g/mol. The van der Waals surface area contributed by atoms with Crippen LogP contribution < -0.4 is 11.1 Å². The Morgan fingerprint density at radius 1 is 1.35 bits per heavy atom. The second kappa shape index (κ2) is 6.47. The van der Waals surface area contributed by atoms with Crippen LogP contribution in [0.5, 0.6) is 5.75 Å². The predicted octanol–water partition coefficient (Wildman–Crippen LogP) is 1.67. The lowest BCUT2D eigenvalue weighted by molar-refractivity contribution is 0.275. The highest BCUT2D eigenvalue weighted by atomic mass is 16.3. The van der Waals surface area contributed by atoms with Gasteiger partial charge in [0.1, 0.15) is 5.75 Å². The summed E-state index contributed by atoms with van der Waals surface area (Å²) in [6.45, 7) is 4.80. The molecule has 4 nitrogen and oxygen atoms in total. The molecule has 0 aliphatic carbocycles. The number of aromatic hydroxyl groups is 1. The minimum Gasteiger partial charge on any atom is -0.508 e. The number of nitrogens with two attached hydrogens (primary N) is 1. The van der Waals surface area contributed by atoms with Crippen LogP contribution in [0.15, 0.2) is 18.2 Å². The number of aliphatic hydroxyl groups excluding tert-OH is 1. The summed E-state index contributed by atoms with van der Waals surface area (Å²) in [4.78, 5) is 0. The van der Waals surface area contributed by atoms with Crippen molar-refractivity contribution in [3.8, 4) is 5.75 Å². The maximum atomic E-state index is 9.57. The maximum absolute atomic E-state index is 9.57. The fourth-order valence-electron chi connectivity index (χ4n) is 1.75. The highest BCUT2D eigenvalue weighted by Crippen LogP contribution is 2.21. The molecule has 0 heterocycles. The number of phenols is 1. The van der Waals surface area contributed by atoms with Gasteiger partial charge in [0.2, 0.25) is 0 Å². The van der Waals surface area contributed by atoms with Crippen molar-refractivity contribution in [2.24, 2.45) is 11.7 Å². The fraction of sp³-hybridized carbons (Fsp3) is 0.538. The van der Waals surface area contributed by atoms with Crippen molar-refractivity contribution in [3.05, 3.63) is 23.8 Å². The Kier molecular flexibility index (Phi) is 5.25. The van der Waals surface area contributed by atoms with Crippen LogP contribution in [-0.2, 0) is 6.61 Å². The van der Waals surface area contributed by atoms with Crippen LogP contribution >= 0.6 is 0 Å². The molecule has 0 saturated heterocycles. The molecule has 0 spiro atoms. The minimum atomic E-state index is -0.154. The van der Waals surface area contributed by atoms with Crippen molar-refractivity contribution < 1.29 is 10.2 Å². The first-order chi connectivity index (χ1) is 8.02. The second-order valence-electron chi connectivity index (χ2n) is 4.77. The molecule has 0 aliphatic heterocycles. The van der Waals surface area contributed by atoms with E-state index in [-0.39, 0.29) is 18.4 Å². The zero-order valence-corrected chi connectivity index (χ0v) is 10.5. The van der Waals surface area contributed by atoms with Crippen LogP contribution in [-0.4, -0.2) is 22.8 Å². The Morgan fingerprint density at radius 2 is 2.06 bits per heavy atom. The summed E-state index contributed by atoms with van der Waals surface area (Å²) in [7, 11) is 0. The van der Waals surface area contributed by atoms with Crippen molar-refractivity contribution in [1.29, 1.82) is 0 Å².